The Labute approximate surface area is 133 Å². The molecular weight excluding hydrogens is 296 g/mol. The fourth-order valence-electron chi connectivity index (χ4n) is 2.00. The lowest BCUT2D eigenvalue weighted by atomic mass is 10.1. The number of rotatable bonds is 8. The summed E-state index contributed by atoms with van der Waals surface area (Å²) < 4.78 is 0. The molecule has 0 spiro atoms. The molecule has 0 aliphatic rings. The molecule has 0 saturated carbocycles. The maximum atomic E-state index is 11.7. The zero-order valence-electron chi connectivity index (χ0n) is 12.6. The van der Waals surface area contributed by atoms with Crippen molar-refractivity contribution in [3.05, 3.63) is 64.5 Å². The van der Waals surface area contributed by atoms with E-state index in [0.717, 1.165) is 11.3 Å². The highest BCUT2D eigenvalue weighted by molar-refractivity contribution is 5.76. The largest absolute Gasteiger partial charge is 0.383 e. The maximum absolute atomic E-state index is 11.7. The van der Waals surface area contributed by atoms with Crippen LogP contribution < -0.4 is 10.6 Å². The number of benzene rings is 1. The lowest BCUT2D eigenvalue weighted by Gasteiger charge is -2.08. The van der Waals surface area contributed by atoms with Gasteiger partial charge in [-0.3, -0.25) is 19.9 Å². The number of aromatic nitrogens is 1. The number of amides is 1. The number of anilines is 1. The molecule has 0 aliphatic heterocycles. The molecule has 2 rings (SSSR count). The normalized spacial score (nSPS) is 10.1. The Kier molecular flexibility index (Phi) is 6.05. The molecule has 2 aromatic rings. The van der Waals surface area contributed by atoms with Crippen LogP contribution in [0.2, 0.25) is 0 Å². The second-order valence-corrected chi connectivity index (χ2v) is 4.94. The van der Waals surface area contributed by atoms with Crippen molar-refractivity contribution in [1.82, 2.24) is 10.3 Å². The lowest BCUT2D eigenvalue weighted by Crippen LogP contribution is -2.28. The first-order valence-corrected chi connectivity index (χ1v) is 7.29. The van der Waals surface area contributed by atoms with Crippen molar-refractivity contribution in [2.24, 2.45) is 0 Å². The molecule has 1 amide bonds. The summed E-state index contributed by atoms with van der Waals surface area (Å²) in [5.74, 6) is -0.0145. The molecule has 0 radical (unpaired) electrons. The number of nitrogens with zero attached hydrogens (tertiary/aromatic N) is 2. The summed E-state index contributed by atoms with van der Waals surface area (Å²) in [6.45, 7) is 1.04. The summed E-state index contributed by atoms with van der Waals surface area (Å²) in [6.07, 6.45) is 4.54. The van der Waals surface area contributed by atoms with Crippen molar-refractivity contribution in [3.63, 3.8) is 0 Å². The van der Waals surface area contributed by atoms with Gasteiger partial charge in [-0.25, -0.2) is 0 Å². The van der Waals surface area contributed by atoms with Gasteiger partial charge in [0.15, 0.2) is 0 Å². The maximum Gasteiger partial charge on any atom is 0.269 e. The fourth-order valence-corrected chi connectivity index (χ4v) is 2.00. The number of nitro groups is 1. The molecular formula is C16H18N4O3. The van der Waals surface area contributed by atoms with E-state index in [1.165, 1.54) is 12.1 Å². The molecule has 0 fully saturated rings. The third kappa shape index (κ3) is 5.74. The highest BCUT2D eigenvalue weighted by Gasteiger charge is 2.04. The molecule has 1 aromatic carbocycles. The zero-order chi connectivity index (χ0) is 16.5. The molecule has 1 heterocycles. The van der Waals surface area contributed by atoms with Gasteiger partial charge in [-0.05, 0) is 30.2 Å². The lowest BCUT2D eigenvalue weighted by molar-refractivity contribution is -0.384. The molecule has 0 atom stereocenters. The average molecular weight is 314 g/mol. The van der Waals surface area contributed by atoms with Crippen LogP contribution in [-0.4, -0.2) is 28.9 Å². The summed E-state index contributed by atoms with van der Waals surface area (Å²) in [5.41, 5.74) is 1.87. The Balaban J connectivity index is 1.63. The van der Waals surface area contributed by atoms with Crippen molar-refractivity contribution in [2.45, 2.75) is 12.8 Å². The summed E-state index contributed by atoms with van der Waals surface area (Å²) in [5, 5.41) is 16.5. The van der Waals surface area contributed by atoms with Gasteiger partial charge in [0.2, 0.25) is 5.91 Å². The SMILES string of the molecule is O=C(CCc1cccnc1)NCCNc1ccc([N+](=O)[O-])cc1. The number of nitrogens with one attached hydrogen (secondary N) is 2. The van der Waals surface area contributed by atoms with Crippen LogP contribution in [0.5, 0.6) is 0 Å². The number of non-ortho nitro benzene ring substituents is 1. The van der Waals surface area contributed by atoms with Gasteiger partial charge in [-0.15, -0.1) is 0 Å². The van der Waals surface area contributed by atoms with Gasteiger partial charge in [-0.1, -0.05) is 6.07 Å². The van der Waals surface area contributed by atoms with E-state index in [0.29, 0.717) is 25.9 Å². The van der Waals surface area contributed by atoms with Gasteiger partial charge in [-0.2, -0.15) is 0 Å². The van der Waals surface area contributed by atoms with Crippen molar-refractivity contribution in [3.8, 4) is 0 Å². The second kappa shape index (κ2) is 8.47. The summed E-state index contributed by atoms with van der Waals surface area (Å²) in [4.78, 5) is 25.8. The van der Waals surface area contributed by atoms with E-state index in [2.05, 4.69) is 15.6 Å². The van der Waals surface area contributed by atoms with E-state index in [9.17, 15) is 14.9 Å². The summed E-state index contributed by atoms with van der Waals surface area (Å²) in [6, 6.07) is 9.95. The number of hydrogen-bond acceptors (Lipinski definition) is 5. The van der Waals surface area contributed by atoms with Crippen LogP contribution in [0.3, 0.4) is 0 Å². The smallest absolute Gasteiger partial charge is 0.269 e. The Bertz CT molecular complexity index is 644. The second-order valence-electron chi connectivity index (χ2n) is 4.94. The zero-order valence-corrected chi connectivity index (χ0v) is 12.6. The molecule has 0 unspecified atom stereocenters. The van der Waals surface area contributed by atoms with Crippen molar-refractivity contribution in [1.29, 1.82) is 0 Å². The predicted octanol–water partition coefficient (Wildman–Crippen LogP) is 2.15. The molecule has 1 aromatic heterocycles. The number of pyridine rings is 1. The van der Waals surface area contributed by atoms with E-state index >= 15 is 0 Å². The molecule has 7 nitrogen and oxygen atoms in total. The third-order valence-corrected chi connectivity index (χ3v) is 3.22. The fraction of sp³-hybridized carbons (Fsp3) is 0.250. The van der Waals surface area contributed by atoms with Crippen LogP contribution in [0.25, 0.3) is 0 Å². The first-order valence-electron chi connectivity index (χ1n) is 7.29. The first kappa shape index (κ1) is 16.4. The Hall–Kier alpha value is -2.96. The van der Waals surface area contributed by atoms with E-state index < -0.39 is 4.92 Å². The van der Waals surface area contributed by atoms with Crippen LogP contribution in [0.1, 0.15) is 12.0 Å². The van der Waals surface area contributed by atoms with Gasteiger partial charge in [0.05, 0.1) is 4.92 Å². The highest BCUT2D eigenvalue weighted by atomic mass is 16.6. The molecule has 23 heavy (non-hydrogen) atoms. The minimum Gasteiger partial charge on any atom is -0.383 e. The first-order chi connectivity index (χ1) is 11.1. The number of aryl methyl sites for hydroxylation is 1. The van der Waals surface area contributed by atoms with E-state index in [4.69, 9.17) is 0 Å². The van der Waals surface area contributed by atoms with Crippen molar-refractivity contribution < 1.29 is 9.72 Å². The Morgan fingerprint density at radius 1 is 1.17 bits per heavy atom. The van der Waals surface area contributed by atoms with Crippen LogP contribution >= 0.6 is 0 Å². The van der Waals surface area contributed by atoms with Crippen LogP contribution in [-0.2, 0) is 11.2 Å². The van der Waals surface area contributed by atoms with Gasteiger partial charge in [0.1, 0.15) is 0 Å². The van der Waals surface area contributed by atoms with Crippen molar-refractivity contribution in [2.75, 3.05) is 18.4 Å². The Morgan fingerprint density at radius 2 is 1.96 bits per heavy atom. The summed E-state index contributed by atoms with van der Waals surface area (Å²) in [7, 11) is 0. The molecule has 120 valence electrons. The Morgan fingerprint density at radius 3 is 2.61 bits per heavy atom. The standard InChI is InChI=1S/C16H18N4O3/c21-16(8-3-13-2-1-9-17-12-13)19-11-10-18-14-4-6-15(7-5-14)20(22)23/h1-2,4-7,9,12,18H,3,8,10-11H2,(H,19,21). The molecule has 0 saturated heterocycles. The van der Waals surface area contributed by atoms with Gasteiger partial charge in [0, 0.05) is 49.7 Å². The van der Waals surface area contributed by atoms with E-state index in [1.807, 2.05) is 12.1 Å². The number of hydrogen-bond donors (Lipinski definition) is 2. The van der Waals surface area contributed by atoms with Gasteiger partial charge >= 0.3 is 0 Å². The molecule has 2 N–H and O–H groups in total. The van der Waals surface area contributed by atoms with Gasteiger partial charge < -0.3 is 10.6 Å². The van der Waals surface area contributed by atoms with Crippen LogP contribution in [0.4, 0.5) is 11.4 Å². The minimum absolute atomic E-state index is 0.0145. The third-order valence-electron chi connectivity index (χ3n) is 3.22. The number of nitro benzene ring substituents is 1. The topological polar surface area (TPSA) is 97.2 Å². The van der Waals surface area contributed by atoms with E-state index in [-0.39, 0.29) is 11.6 Å². The van der Waals surface area contributed by atoms with Gasteiger partial charge in [0.25, 0.3) is 5.69 Å². The molecule has 0 aliphatic carbocycles. The predicted molar refractivity (Wildman–Crippen MR) is 87.2 cm³/mol. The molecule has 0 bridgehead atoms. The highest BCUT2D eigenvalue weighted by Crippen LogP contribution is 2.14. The number of carbonyl (C=O) groups is 1. The quantitative estimate of drug-likeness (QED) is 0.442. The van der Waals surface area contributed by atoms with Crippen LogP contribution in [0, 0.1) is 10.1 Å². The van der Waals surface area contributed by atoms with E-state index in [1.54, 1.807) is 24.5 Å². The summed E-state index contributed by atoms with van der Waals surface area (Å²) >= 11 is 0. The monoisotopic (exact) mass is 314 g/mol. The average Bonchev–Trinajstić information content (AvgIpc) is 2.58. The number of carbonyl (C=O) groups excluding carboxylic acids is 1. The minimum atomic E-state index is -0.438. The van der Waals surface area contributed by atoms with Crippen LogP contribution in [0.15, 0.2) is 48.8 Å². The van der Waals surface area contributed by atoms with Crippen molar-refractivity contribution >= 4 is 17.3 Å². The molecule has 7 heteroatoms.